The topological polar surface area (TPSA) is 38.9 Å². The van der Waals surface area contributed by atoms with Crippen molar-refractivity contribution in [3.8, 4) is 11.5 Å². The zero-order valence-corrected chi connectivity index (χ0v) is 8.27. The minimum Gasteiger partial charge on any atom is -0.444 e. The normalized spacial score (nSPS) is 10.8. The summed E-state index contributed by atoms with van der Waals surface area (Å²) in [5, 5.41) is 0. The van der Waals surface area contributed by atoms with E-state index in [1.165, 1.54) is 0 Å². The molecule has 2 aromatic rings. The SMILES string of the molecule is CC(C)c1ccc(-c2ncco2)cn1. The summed E-state index contributed by atoms with van der Waals surface area (Å²) in [6.07, 6.45) is 4.98. The molecule has 0 unspecified atom stereocenters. The summed E-state index contributed by atoms with van der Waals surface area (Å²) in [5.41, 5.74) is 2.00. The quantitative estimate of drug-likeness (QED) is 0.727. The minimum atomic E-state index is 0.452. The predicted octanol–water partition coefficient (Wildman–Crippen LogP) is 2.86. The molecule has 0 radical (unpaired) electrons. The van der Waals surface area contributed by atoms with E-state index in [-0.39, 0.29) is 0 Å². The van der Waals surface area contributed by atoms with Gasteiger partial charge >= 0.3 is 0 Å². The summed E-state index contributed by atoms with van der Waals surface area (Å²) in [5.74, 6) is 1.07. The number of aromatic nitrogens is 2. The van der Waals surface area contributed by atoms with Crippen molar-refractivity contribution in [2.75, 3.05) is 0 Å². The van der Waals surface area contributed by atoms with E-state index in [4.69, 9.17) is 4.42 Å². The van der Waals surface area contributed by atoms with E-state index >= 15 is 0 Å². The first-order valence-electron chi connectivity index (χ1n) is 4.63. The molecule has 72 valence electrons. The van der Waals surface area contributed by atoms with Crippen molar-refractivity contribution in [2.45, 2.75) is 19.8 Å². The van der Waals surface area contributed by atoms with E-state index in [0.29, 0.717) is 11.8 Å². The van der Waals surface area contributed by atoms with Crippen LogP contribution in [0.3, 0.4) is 0 Å². The van der Waals surface area contributed by atoms with Gasteiger partial charge in [0.05, 0.1) is 11.8 Å². The highest BCUT2D eigenvalue weighted by atomic mass is 16.3. The molecule has 0 spiro atoms. The third-order valence-corrected chi connectivity index (χ3v) is 2.06. The fourth-order valence-corrected chi connectivity index (χ4v) is 1.24. The number of oxazole rings is 1. The highest BCUT2D eigenvalue weighted by Crippen LogP contribution is 2.18. The summed E-state index contributed by atoms with van der Waals surface area (Å²) in [7, 11) is 0. The predicted molar refractivity (Wildman–Crippen MR) is 53.8 cm³/mol. The lowest BCUT2D eigenvalue weighted by Crippen LogP contribution is -1.91. The average Bonchev–Trinajstić information content (AvgIpc) is 2.71. The van der Waals surface area contributed by atoms with Crippen LogP contribution in [0.1, 0.15) is 25.5 Å². The molecule has 0 aromatic carbocycles. The summed E-state index contributed by atoms with van der Waals surface area (Å²) in [4.78, 5) is 8.39. The van der Waals surface area contributed by atoms with Gasteiger partial charge < -0.3 is 4.42 Å². The van der Waals surface area contributed by atoms with Gasteiger partial charge in [-0.3, -0.25) is 4.98 Å². The maximum absolute atomic E-state index is 5.17. The molecule has 2 rings (SSSR count). The van der Waals surface area contributed by atoms with E-state index in [9.17, 15) is 0 Å². The van der Waals surface area contributed by atoms with Crippen LogP contribution in [0.25, 0.3) is 11.5 Å². The molecule has 3 nitrogen and oxygen atoms in total. The largest absolute Gasteiger partial charge is 0.444 e. The second kappa shape index (κ2) is 3.62. The van der Waals surface area contributed by atoms with Crippen molar-refractivity contribution in [1.29, 1.82) is 0 Å². The molecule has 0 atom stereocenters. The molecule has 14 heavy (non-hydrogen) atoms. The van der Waals surface area contributed by atoms with Crippen molar-refractivity contribution < 1.29 is 4.42 Å². The van der Waals surface area contributed by atoms with Crippen LogP contribution in [-0.4, -0.2) is 9.97 Å². The number of pyridine rings is 1. The summed E-state index contributed by atoms with van der Waals surface area (Å²) in [6.45, 7) is 4.24. The van der Waals surface area contributed by atoms with Crippen LogP contribution in [0.5, 0.6) is 0 Å². The van der Waals surface area contributed by atoms with Crippen LogP contribution in [0.4, 0.5) is 0 Å². The fraction of sp³-hybridized carbons (Fsp3) is 0.273. The van der Waals surface area contributed by atoms with Crippen molar-refractivity contribution >= 4 is 0 Å². The van der Waals surface area contributed by atoms with Crippen LogP contribution >= 0.6 is 0 Å². The Kier molecular flexibility index (Phi) is 2.31. The average molecular weight is 188 g/mol. The van der Waals surface area contributed by atoms with E-state index in [0.717, 1.165) is 11.3 Å². The van der Waals surface area contributed by atoms with Gasteiger partial charge in [-0.15, -0.1) is 0 Å². The smallest absolute Gasteiger partial charge is 0.227 e. The monoisotopic (exact) mass is 188 g/mol. The highest BCUT2D eigenvalue weighted by molar-refractivity contribution is 5.51. The summed E-state index contributed by atoms with van der Waals surface area (Å²) in [6, 6.07) is 3.98. The van der Waals surface area contributed by atoms with Gasteiger partial charge in [0.1, 0.15) is 6.26 Å². The zero-order valence-electron chi connectivity index (χ0n) is 8.27. The number of hydrogen-bond donors (Lipinski definition) is 0. The molecule has 0 aliphatic rings. The Morgan fingerprint density at radius 1 is 1.21 bits per heavy atom. The molecular weight excluding hydrogens is 176 g/mol. The molecule has 0 aliphatic carbocycles. The summed E-state index contributed by atoms with van der Waals surface area (Å²) < 4.78 is 5.17. The van der Waals surface area contributed by atoms with E-state index in [1.807, 2.05) is 12.1 Å². The van der Waals surface area contributed by atoms with Crippen LogP contribution in [0.2, 0.25) is 0 Å². The van der Waals surface area contributed by atoms with Crippen molar-refractivity contribution in [2.24, 2.45) is 0 Å². The molecule has 0 saturated carbocycles. The van der Waals surface area contributed by atoms with E-state index < -0.39 is 0 Å². The van der Waals surface area contributed by atoms with Crippen LogP contribution in [0, 0.1) is 0 Å². The molecular formula is C11H12N2O. The van der Waals surface area contributed by atoms with Gasteiger partial charge in [-0.1, -0.05) is 13.8 Å². The second-order valence-corrected chi connectivity index (χ2v) is 3.46. The van der Waals surface area contributed by atoms with Crippen molar-refractivity contribution in [3.63, 3.8) is 0 Å². The molecule has 0 aliphatic heterocycles. The van der Waals surface area contributed by atoms with Crippen LogP contribution < -0.4 is 0 Å². The van der Waals surface area contributed by atoms with E-state index in [2.05, 4.69) is 23.8 Å². The maximum Gasteiger partial charge on any atom is 0.227 e. The Morgan fingerprint density at radius 3 is 2.57 bits per heavy atom. The molecule has 0 amide bonds. The second-order valence-electron chi connectivity index (χ2n) is 3.46. The Hall–Kier alpha value is -1.64. The Morgan fingerprint density at radius 2 is 2.07 bits per heavy atom. The highest BCUT2D eigenvalue weighted by Gasteiger charge is 2.04. The lowest BCUT2D eigenvalue weighted by molar-refractivity contribution is 0.574. The van der Waals surface area contributed by atoms with Gasteiger partial charge in [-0.25, -0.2) is 4.98 Å². The Labute approximate surface area is 82.8 Å². The standard InChI is InChI=1S/C11H12N2O/c1-8(2)10-4-3-9(7-13-10)11-12-5-6-14-11/h3-8H,1-2H3. The van der Waals surface area contributed by atoms with Gasteiger partial charge in [0.2, 0.25) is 5.89 Å². The molecule has 0 saturated heterocycles. The minimum absolute atomic E-state index is 0.452. The molecule has 2 heterocycles. The molecule has 0 N–H and O–H groups in total. The molecule has 3 heteroatoms. The van der Waals surface area contributed by atoms with Crippen LogP contribution in [0.15, 0.2) is 35.2 Å². The lowest BCUT2D eigenvalue weighted by atomic mass is 10.1. The number of rotatable bonds is 2. The van der Waals surface area contributed by atoms with Gasteiger partial charge in [0.25, 0.3) is 0 Å². The third-order valence-electron chi connectivity index (χ3n) is 2.06. The summed E-state index contributed by atoms with van der Waals surface area (Å²) >= 11 is 0. The first-order chi connectivity index (χ1) is 6.77. The zero-order chi connectivity index (χ0) is 9.97. The number of hydrogen-bond acceptors (Lipinski definition) is 3. The lowest BCUT2D eigenvalue weighted by Gasteiger charge is -2.03. The van der Waals surface area contributed by atoms with Gasteiger partial charge in [-0.2, -0.15) is 0 Å². The number of nitrogens with zero attached hydrogens (tertiary/aromatic N) is 2. The van der Waals surface area contributed by atoms with Gasteiger partial charge in [0.15, 0.2) is 0 Å². The Bertz CT molecular complexity index is 390. The van der Waals surface area contributed by atoms with Crippen molar-refractivity contribution in [1.82, 2.24) is 9.97 Å². The maximum atomic E-state index is 5.17. The molecule has 0 fully saturated rings. The Balaban J connectivity index is 2.31. The van der Waals surface area contributed by atoms with Crippen LogP contribution in [-0.2, 0) is 0 Å². The fourth-order valence-electron chi connectivity index (χ4n) is 1.24. The first kappa shape index (κ1) is 8.94. The van der Waals surface area contributed by atoms with E-state index in [1.54, 1.807) is 18.7 Å². The van der Waals surface area contributed by atoms with Gasteiger partial charge in [-0.05, 0) is 18.1 Å². The first-order valence-corrected chi connectivity index (χ1v) is 4.63. The van der Waals surface area contributed by atoms with Gasteiger partial charge in [0, 0.05) is 11.9 Å². The third kappa shape index (κ3) is 1.66. The molecule has 0 bridgehead atoms. The van der Waals surface area contributed by atoms with Crippen molar-refractivity contribution in [3.05, 3.63) is 36.5 Å². The molecule has 2 aromatic heterocycles.